The van der Waals surface area contributed by atoms with E-state index in [1.165, 1.54) is 0 Å². The molecule has 3 rings (SSSR count). The van der Waals surface area contributed by atoms with E-state index in [-0.39, 0.29) is 30.1 Å². The zero-order valence-electron chi connectivity index (χ0n) is 17.5. The summed E-state index contributed by atoms with van der Waals surface area (Å²) < 4.78 is 16.3. The molecule has 0 aliphatic carbocycles. The van der Waals surface area contributed by atoms with Gasteiger partial charge in [0.05, 0.1) is 18.1 Å². The summed E-state index contributed by atoms with van der Waals surface area (Å²) in [7, 11) is 0. The molecule has 7 heteroatoms. The van der Waals surface area contributed by atoms with Crippen LogP contribution < -0.4 is 4.74 Å². The second kappa shape index (κ2) is 9.11. The number of carbonyl (C=O) groups excluding carboxylic acids is 2. The van der Waals surface area contributed by atoms with E-state index >= 15 is 0 Å². The van der Waals surface area contributed by atoms with Gasteiger partial charge >= 0.3 is 5.97 Å². The molecule has 0 unspecified atom stereocenters. The maximum Gasteiger partial charge on any atom is 0.309 e. The van der Waals surface area contributed by atoms with Gasteiger partial charge in [-0.05, 0) is 57.7 Å². The van der Waals surface area contributed by atoms with Crippen LogP contribution in [0.3, 0.4) is 0 Å². The van der Waals surface area contributed by atoms with Gasteiger partial charge in [-0.2, -0.15) is 0 Å². The molecule has 0 atom stereocenters. The third-order valence-electron chi connectivity index (χ3n) is 5.52. The number of nitrogens with zero attached hydrogens (tertiary/aromatic N) is 2. The minimum Gasteiger partial charge on any atom is -0.488 e. The second-order valence-corrected chi connectivity index (χ2v) is 7.37. The summed E-state index contributed by atoms with van der Waals surface area (Å²) in [6, 6.07) is 5.88. The zero-order chi connectivity index (χ0) is 21.0. The van der Waals surface area contributed by atoms with Crippen LogP contribution in [0.1, 0.15) is 52.7 Å². The van der Waals surface area contributed by atoms with Gasteiger partial charge in [-0.25, -0.2) is 0 Å². The van der Waals surface area contributed by atoms with Crippen LogP contribution in [0.5, 0.6) is 5.75 Å². The number of ether oxygens (including phenoxy) is 2. The van der Waals surface area contributed by atoms with Crippen LogP contribution in [-0.4, -0.2) is 41.6 Å². The van der Waals surface area contributed by atoms with Crippen LogP contribution in [0.4, 0.5) is 0 Å². The molecule has 1 aromatic heterocycles. The Kier molecular flexibility index (Phi) is 6.56. The predicted octanol–water partition coefficient (Wildman–Crippen LogP) is 3.59. The molecule has 1 fully saturated rings. The average molecular weight is 400 g/mol. The van der Waals surface area contributed by atoms with E-state index in [0.717, 1.165) is 16.9 Å². The molecule has 2 aromatic rings. The van der Waals surface area contributed by atoms with Gasteiger partial charge in [0.2, 0.25) is 0 Å². The Morgan fingerprint density at radius 1 is 1.21 bits per heavy atom. The normalized spacial score (nSPS) is 14.7. The first-order valence-electron chi connectivity index (χ1n) is 10.0. The van der Waals surface area contributed by atoms with Gasteiger partial charge < -0.3 is 18.9 Å². The van der Waals surface area contributed by atoms with Crippen molar-refractivity contribution in [3.05, 3.63) is 46.3 Å². The molecule has 1 aromatic carbocycles. The lowest BCUT2D eigenvalue weighted by atomic mass is 9.96. The summed E-state index contributed by atoms with van der Waals surface area (Å²) in [5.74, 6) is 0.827. The monoisotopic (exact) mass is 400 g/mol. The van der Waals surface area contributed by atoms with Crippen molar-refractivity contribution in [3.8, 4) is 5.75 Å². The Labute approximate surface area is 171 Å². The molecule has 0 saturated carbocycles. The summed E-state index contributed by atoms with van der Waals surface area (Å²) in [5, 5.41) is 3.99. The van der Waals surface area contributed by atoms with Crippen molar-refractivity contribution in [1.29, 1.82) is 0 Å². The maximum absolute atomic E-state index is 13.0. The van der Waals surface area contributed by atoms with Crippen LogP contribution in [0.15, 0.2) is 22.7 Å². The third-order valence-corrected chi connectivity index (χ3v) is 5.52. The van der Waals surface area contributed by atoms with Crippen molar-refractivity contribution in [1.82, 2.24) is 10.1 Å². The van der Waals surface area contributed by atoms with E-state index in [1.807, 2.05) is 32.0 Å². The van der Waals surface area contributed by atoms with Crippen LogP contribution in [-0.2, 0) is 16.1 Å². The maximum atomic E-state index is 13.0. The second-order valence-electron chi connectivity index (χ2n) is 7.37. The number of carbonyl (C=O) groups is 2. The number of piperidine rings is 1. The Morgan fingerprint density at radius 3 is 2.62 bits per heavy atom. The molecule has 2 heterocycles. The molecule has 0 bridgehead atoms. The SMILES string of the molecule is CCOC(=O)C1CCN(C(=O)c2noc(C)c2COc2cccc(C)c2C)CC1. The Bertz CT molecular complexity index is 881. The molecule has 0 radical (unpaired) electrons. The van der Waals surface area contributed by atoms with Crippen molar-refractivity contribution in [3.63, 3.8) is 0 Å². The van der Waals surface area contributed by atoms with Gasteiger partial charge in [-0.15, -0.1) is 0 Å². The van der Waals surface area contributed by atoms with Gasteiger partial charge in [-0.3, -0.25) is 9.59 Å². The lowest BCUT2D eigenvalue weighted by molar-refractivity contribution is -0.149. The van der Waals surface area contributed by atoms with E-state index in [0.29, 0.717) is 43.9 Å². The topological polar surface area (TPSA) is 81.9 Å². The standard InChI is InChI=1S/C22H28N2O5/c1-5-27-22(26)17-9-11-24(12-10-17)21(25)20-18(16(4)29-23-20)13-28-19-8-6-7-14(2)15(19)3/h6-8,17H,5,9-13H2,1-4H3. The van der Waals surface area contributed by atoms with Gasteiger partial charge in [0.1, 0.15) is 18.1 Å². The number of hydrogen-bond donors (Lipinski definition) is 0. The number of aryl methyl sites for hydroxylation is 2. The van der Waals surface area contributed by atoms with Crippen molar-refractivity contribution >= 4 is 11.9 Å². The van der Waals surface area contributed by atoms with E-state index < -0.39 is 0 Å². The third kappa shape index (κ3) is 4.60. The number of likely N-dealkylation sites (tertiary alicyclic amines) is 1. The Morgan fingerprint density at radius 2 is 1.93 bits per heavy atom. The lowest BCUT2D eigenvalue weighted by Crippen LogP contribution is -2.41. The van der Waals surface area contributed by atoms with Crippen LogP contribution >= 0.6 is 0 Å². The highest BCUT2D eigenvalue weighted by atomic mass is 16.5. The minimum atomic E-state index is -0.191. The molecule has 0 N–H and O–H groups in total. The number of hydrogen-bond acceptors (Lipinski definition) is 6. The van der Waals surface area contributed by atoms with Crippen molar-refractivity contribution in [2.75, 3.05) is 19.7 Å². The Hall–Kier alpha value is -2.83. The molecule has 1 amide bonds. The lowest BCUT2D eigenvalue weighted by Gasteiger charge is -2.30. The fourth-order valence-electron chi connectivity index (χ4n) is 3.49. The Balaban J connectivity index is 1.67. The predicted molar refractivity (Wildman–Crippen MR) is 107 cm³/mol. The van der Waals surface area contributed by atoms with Crippen molar-refractivity contribution in [2.24, 2.45) is 5.92 Å². The number of benzene rings is 1. The molecular weight excluding hydrogens is 372 g/mol. The number of esters is 1. The smallest absolute Gasteiger partial charge is 0.309 e. The first kappa shape index (κ1) is 20.9. The molecule has 1 aliphatic heterocycles. The van der Waals surface area contributed by atoms with Crippen LogP contribution in [0, 0.1) is 26.7 Å². The highest BCUT2D eigenvalue weighted by Crippen LogP contribution is 2.25. The van der Waals surface area contributed by atoms with Crippen LogP contribution in [0.25, 0.3) is 0 Å². The highest BCUT2D eigenvalue weighted by molar-refractivity contribution is 5.94. The van der Waals surface area contributed by atoms with E-state index in [9.17, 15) is 9.59 Å². The summed E-state index contributed by atoms with van der Waals surface area (Å²) >= 11 is 0. The number of amides is 1. The van der Waals surface area contributed by atoms with Gasteiger partial charge in [0, 0.05) is 13.1 Å². The molecule has 1 aliphatic rings. The summed E-state index contributed by atoms with van der Waals surface area (Å²) in [4.78, 5) is 26.6. The van der Waals surface area contributed by atoms with E-state index in [1.54, 1.807) is 18.7 Å². The van der Waals surface area contributed by atoms with E-state index in [4.69, 9.17) is 14.0 Å². The first-order chi connectivity index (χ1) is 13.9. The summed E-state index contributed by atoms with van der Waals surface area (Å²) in [5.41, 5.74) is 3.15. The summed E-state index contributed by atoms with van der Waals surface area (Å²) in [6.45, 7) is 9.17. The molecule has 29 heavy (non-hydrogen) atoms. The van der Waals surface area contributed by atoms with Gasteiger partial charge in [0.25, 0.3) is 5.91 Å². The average Bonchev–Trinajstić information content (AvgIpc) is 3.09. The molecular formula is C22H28N2O5. The van der Waals surface area contributed by atoms with Crippen LogP contribution in [0.2, 0.25) is 0 Å². The summed E-state index contributed by atoms with van der Waals surface area (Å²) in [6.07, 6.45) is 1.19. The fraction of sp³-hybridized carbons (Fsp3) is 0.500. The quantitative estimate of drug-likeness (QED) is 0.689. The first-order valence-corrected chi connectivity index (χ1v) is 10.0. The number of rotatable bonds is 6. The minimum absolute atomic E-state index is 0.148. The largest absolute Gasteiger partial charge is 0.488 e. The van der Waals surface area contributed by atoms with Crippen molar-refractivity contribution in [2.45, 2.75) is 47.1 Å². The highest BCUT2D eigenvalue weighted by Gasteiger charge is 2.31. The molecule has 1 saturated heterocycles. The van der Waals surface area contributed by atoms with E-state index in [2.05, 4.69) is 5.16 Å². The van der Waals surface area contributed by atoms with Gasteiger partial charge in [-0.1, -0.05) is 17.3 Å². The van der Waals surface area contributed by atoms with Crippen molar-refractivity contribution < 1.29 is 23.6 Å². The molecule has 156 valence electrons. The zero-order valence-corrected chi connectivity index (χ0v) is 17.5. The number of aromatic nitrogens is 1. The molecule has 0 spiro atoms. The fourth-order valence-corrected chi connectivity index (χ4v) is 3.49. The van der Waals surface area contributed by atoms with Gasteiger partial charge in [0.15, 0.2) is 5.69 Å². The molecule has 7 nitrogen and oxygen atoms in total.